The van der Waals surface area contributed by atoms with Gasteiger partial charge in [-0.1, -0.05) is 0 Å². The molecule has 0 spiro atoms. The van der Waals surface area contributed by atoms with E-state index < -0.39 is 5.97 Å². The molecule has 0 unspecified atom stereocenters. The van der Waals surface area contributed by atoms with Gasteiger partial charge in [-0.3, -0.25) is 4.79 Å². The topological polar surface area (TPSA) is 93.5 Å². The normalized spacial score (nSPS) is 10.1. The van der Waals surface area contributed by atoms with Crippen molar-refractivity contribution in [3.63, 3.8) is 0 Å². The predicted octanol–water partition coefficient (Wildman–Crippen LogP) is -0.656. The summed E-state index contributed by atoms with van der Waals surface area (Å²) in [4.78, 5) is 22.1. The zero-order chi connectivity index (χ0) is 12.0. The Morgan fingerprint density at radius 2 is 2.38 bits per heavy atom. The van der Waals surface area contributed by atoms with Gasteiger partial charge in [-0.15, -0.1) is 0 Å². The third-order valence-corrected chi connectivity index (χ3v) is 1.86. The van der Waals surface area contributed by atoms with E-state index in [4.69, 9.17) is 9.84 Å². The van der Waals surface area contributed by atoms with Gasteiger partial charge in [0.05, 0.1) is 6.61 Å². The van der Waals surface area contributed by atoms with Gasteiger partial charge in [-0.2, -0.15) is 5.10 Å². The molecule has 1 heterocycles. The van der Waals surface area contributed by atoms with E-state index in [9.17, 15) is 9.59 Å². The van der Waals surface area contributed by atoms with Crippen LogP contribution < -0.4 is 5.32 Å². The number of amides is 1. The average molecular weight is 227 g/mol. The third kappa shape index (κ3) is 3.35. The summed E-state index contributed by atoms with van der Waals surface area (Å²) in [5, 5.41) is 15.1. The fourth-order valence-electron chi connectivity index (χ4n) is 1.12. The van der Waals surface area contributed by atoms with Crippen molar-refractivity contribution < 1.29 is 19.4 Å². The van der Waals surface area contributed by atoms with Crippen LogP contribution in [0.4, 0.5) is 0 Å². The number of ether oxygens (including phenoxy) is 1. The molecule has 88 valence electrons. The molecule has 0 fully saturated rings. The maximum absolute atomic E-state index is 11.3. The van der Waals surface area contributed by atoms with E-state index in [1.807, 2.05) is 0 Å². The molecule has 1 aromatic heterocycles. The molecule has 0 saturated heterocycles. The number of hydrogen-bond donors (Lipinski definition) is 2. The van der Waals surface area contributed by atoms with Crippen molar-refractivity contribution in [3.05, 3.63) is 18.0 Å². The Morgan fingerprint density at radius 1 is 1.62 bits per heavy atom. The number of rotatable bonds is 6. The number of nitrogens with one attached hydrogen (secondary N) is 1. The van der Waals surface area contributed by atoms with Gasteiger partial charge in [0.2, 0.25) is 5.91 Å². The minimum atomic E-state index is -1.11. The molecule has 0 bridgehead atoms. The molecule has 7 nitrogen and oxygen atoms in total. The van der Waals surface area contributed by atoms with Crippen LogP contribution in [0.2, 0.25) is 0 Å². The van der Waals surface area contributed by atoms with Crippen LogP contribution >= 0.6 is 0 Å². The number of aromatic nitrogens is 2. The van der Waals surface area contributed by atoms with Crippen LogP contribution in [0.15, 0.2) is 12.3 Å². The molecule has 0 aliphatic rings. The van der Waals surface area contributed by atoms with E-state index >= 15 is 0 Å². The quantitative estimate of drug-likeness (QED) is 0.629. The first-order valence-electron chi connectivity index (χ1n) is 4.66. The summed E-state index contributed by atoms with van der Waals surface area (Å²) < 4.78 is 5.89. The fraction of sp³-hybridized carbons (Fsp3) is 0.444. The molecule has 1 rings (SSSR count). The Hall–Kier alpha value is -1.89. The van der Waals surface area contributed by atoms with Crippen molar-refractivity contribution >= 4 is 11.9 Å². The van der Waals surface area contributed by atoms with Gasteiger partial charge >= 0.3 is 5.97 Å². The minimum Gasteiger partial charge on any atom is -0.477 e. The number of carbonyl (C=O) groups is 2. The first-order valence-corrected chi connectivity index (χ1v) is 4.66. The third-order valence-electron chi connectivity index (χ3n) is 1.86. The number of hydrogen-bond acceptors (Lipinski definition) is 4. The Morgan fingerprint density at radius 3 is 3.00 bits per heavy atom. The first kappa shape index (κ1) is 12.2. The second-order valence-corrected chi connectivity index (χ2v) is 3.02. The van der Waals surface area contributed by atoms with E-state index in [-0.39, 0.29) is 18.1 Å². The molecule has 0 aromatic carbocycles. The summed E-state index contributed by atoms with van der Waals surface area (Å²) in [6.45, 7) is 0.688. The average Bonchev–Trinajstić information content (AvgIpc) is 2.66. The molecular weight excluding hydrogens is 214 g/mol. The SMILES string of the molecule is COCCNC(=O)Cn1nccc1C(=O)O. The van der Waals surface area contributed by atoms with Gasteiger partial charge in [0.15, 0.2) is 0 Å². The summed E-state index contributed by atoms with van der Waals surface area (Å²) in [6, 6.07) is 1.34. The van der Waals surface area contributed by atoms with E-state index in [1.165, 1.54) is 19.4 Å². The fourth-order valence-corrected chi connectivity index (χ4v) is 1.12. The lowest BCUT2D eigenvalue weighted by atomic mass is 10.4. The highest BCUT2D eigenvalue weighted by molar-refractivity contribution is 5.86. The Labute approximate surface area is 92.0 Å². The largest absolute Gasteiger partial charge is 0.477 e. The molecule has 0 aliphatic heterocycles. The number of carboxylic acid groups (broad SMARTS) is 1. The molecule has 16 heavy (non-hydrogen) atoms. The van der Waals surface area contributed by atoms with Gasteiger partial charge in [-0.05, 0) is 6.07 Å². The van der Waals surface area contributed by atoms with Crippen molar-refractivity contribution in [2.75, 3.05) is 20.3 Å². The lowest BCUT2D eigenvalue weighted by molar-refractivity contribution is -0.122. The van der Waals surface area contributed by atoms with E-state index in [0.717, 1.165) is 4.68 Å². The lowest BCUT2D eigenvalue weighted by Crippen LogP contribution is -2.31. The first-order chi connectivity index (χ1) is 7.65. The maximum Gasteiger partial charge on any atom is 0.354 e. The summed E-state index contributed by atoms with van der Waals surface area (Å²) in [5.41, 5.74) is -0.0121. The summed E-state index contributed by atoms with van der Waals surface area (Å²) >= 11 is 0. The van der Waals surface area contributed by atoms with Crippen LogP contribution in [0.1, 0.15) is 10.5 Å². The monoisotopic (exact) mass is 227 g/mol. The van der Waals surface area contributed by atoms with Crippen LogP contribution in [-0.2, 0) is 16.1 Å². The van der Waals surface area contributed by atoms with Gasteiger partial charge < -0.3 is 15.2 Å². The van der Waals surface area contributed by atoms with E-state index in [0.29, 0.717) is 13.2 Å². The van der Waals surface area contributed by atoms with Crippen LogP contribution in [0.3, 0.4) is 0 Å². The van der Waals surface area contributed by atoms with E-state index in [1.54, 1.807) is 0 Å². The number of carbonyl (C=O) groups excluding carboxylic acids is 1. The molecule has 7 heteroatoms. The van der Waals surface area contributed by atoms with Crippen LogP contribution in [0.25, 0.3) is 0 Å². The number of nitrogens with zero attached hydrogens (tertiary/aromatic N) is 2. The lowest BCUT2D eigenvalue weighted by Gasteiger charge is -2.05. The van der Waals surface area contributed by atoms with Crippen LogP contribution in [0, 0.1) is 0 Å². The Balaban J connectivity index is 2.49. The highest BCUT2D eigenvalue weighted by Crippen LogP contribution is 1.98. The molecule has 0 saturated carbocycles. The van der Waals surface area contributed by atoms with Gasteiger partial charge in [-0.25, -0.2) is 9.48 Å². The smallest absolute Gasteiger partial charge is 0.354 e. The Kier molecular flexibility index (Phi) is 4.46. The maximum atomic E-state index is 11.3. The highest BCUT2D eigenvalue weighted by atomic mass is 16.5. The van der Waals surface area contributed by atoms with E-state index in [2.05, 4.69) is 10.4 Å². The molecule has 1 aromatic rings. The van der Waals surface area contributed by atoms with Crippen LogP contribution in [0.5, 0.6) is 0 Å². The predicted molar refractivity (Wildman–Crippen MR) is 54.1 cm³/mol. The Bertz CT molecular complexity index is 375. The van der Waals surface area contributed by atoms with Crippen molar-refractivity contribution in [1.29, 1.82) is 0 Å². The van der Waals surface area contributed by atoms with Gasteiger partial charge in [0.1, 0.15) is 12.2 Å². The van der Waals surface area contributed by atoms with Crippen molar-refractivity contribution in [1.82, 2.24) is 15.1 Å². The molecule has 0 radical (unpaired) electrons. The zero-order valence-electron chi connectivity index (χ0n) is 8.84. The second kappa shape index (κ2) is 5.86. The number of aromatic carboxylic acids is 1. The molecule has 0 atom stereocenters. The van der Waals surface area contributed by atoms with Crippen molar-refractivity contribution in [3.8, 4) is 0 Å². The van der Waals surface area contributed by atoms with Gasteiger partial charge in [0.25, 0.3) is 0 Å². The number of carboxylic acids is 1. The summed E-state index contributed by atoms with van der Waals surface area (Å²) in [7, 11) is 1.53. The van der Waals surface area contributed by atoms with Gasteiger partial charge in [0, 0.05) is 19.9 Å². The minimum absolute atomic E-state index is 0.0121. The number of methoxy groups -OCH3 is 1. The molecular formula is C9H13N3O4. The zero-order valence-corrected chi connectivity index (χ0v) is 8.84. The van der Waals surface area contributed by atoms with Crippen molar-refractivity contribution in [2.45, 2.75) is 6.54 Å². The standard InChI is InChI=1S/C9H13N3O4/c1-16-5-4-10-8(13)6-12-7(9(14)15)2-3-11-12/h2-3H,4-6H2,1H3,(H,10,13)(H,14,15). The summed E-state index contributed by atoms with van der Waals surface area (Å²) in [5.74, 6) is -1.41. The molecule has 2 N–H and O–H groups in total. The summed E-state index contributed by atoms with van der Waals surface area (Å²) in [6.07, 6.45) is 1.34. The second-order valence-electron chi connectivity index (χ2n) is 3.02. The van der Waals surface area contributed by atoms with Crippen molar-refractivity contribution in [2.24, 2.45) is 0 Å². The van der Waals surface area contributed by atoms with Crippen LogP contribution in [-0.4, -0.2) is 47.0 Å². The molecule has 0 aliphatic carbocycles. The molecule has 1 amide bonds. The highest BCUT2D eigenvalue weighted by Gasteiger charge is 2.12.